The second-order valence-corrected chi connectivity index (χ2v) is 7.35. The molecule has 0 saturated heterocycles. The van der Waals surface area contributed by atoms with Gasteiger partial charge in [0, 0.05) is 4.90 Å². The lowest BCUT2D eigenvalue weighted by Gasteiger charge is -2.27. The topological polar surface area (TPSA) is 26.3 Å². The third kappa shape index (κ3) is 6.58. The van der Waals surface area contributed by atoms with Crippen LogP contribution in [0.15, 0.2) is 29.2 Å². The van der Waals surface area contributed by atoms with Gasteiger partial charge in [-0.15, -0.1) is 12.6 Å². The van der Waals surface area contributed by atoms with E-state index in [-0.39, 0.29) is 11.9 Å². The van der Waals surface area contributed by atoms with Crippen molar-refractivity contribution in [3.63, 3.8) is 0 Å². The highest BCUT2D eigenvalue weighted by atomic mass is 32.1. The number of thiol groups is 1. The summed E-state index contributed by atoms with van der Waals surface area (Å²) in [7, 11) is 0. The van der Waals surface area contributed by atoms with Crippen molar-refractivity contribution in [2.45, 2.75) is 76.0 Å². The summed E-state index contributed by atoms with van der Waals surface area (Å²) < 4.78 is 5.50. The molecular formula is C20H30O2S. The minimum absolute atomic E-state index is 0.0571. The van der Waals surface area contributed by atoms with Gasteiger partial charge in [0.25, 0.3) is 0 Å². The highest BCUT2D eigenvalue weighted by Crippen LogP contribution is 2.33. The third-order valence-corrected chi connectivity index (χ3v) is 5.25. The van der Waals surface area contributed by atoms with E-state index in [1.807, 2.05) is 24.3 Å². The van der Waals surface area contributed by atoms with Crippen LogP contribution in [0, 0.1) is 11.8 Å². The predicted octanol–water partition coefficient (Wildman–Crippen LogP) is 6.05. The van der Waals surface area contributed by atoms with Gasteiger partial charge in [0.05, 0.1) is 5.92 Å². The number of hydrogen-bond donors (Lipinski definition) is 1. The van der Waals surface area contributed by atoms with Crippen LogP contribution in [-0.4, -0.2) is 5.97 Å². The number of unbranched alkanes of at least 4 members (excludes halogenated alkanes) is 4. The molecule has 3 heteroatoms. The second kappa shape index (κ2) is 10.0. The monoisotopic (exact) mass is 334 g/mol. The van der Waals surface area contributed by atoms with Gasteiger partial charge < -0.3 is 4.74 Å². The molecule has 2 nitrogen and oxygen atoms in total. The molecule has 0 amide bonds. The molecule has 0 aliphatic heterocycles. The molecule has 0 radical (unpaired) electrons. The number of ether oxygens (including phenoxy) is 1. The van der Waals surface area contributed by atoms with Gasteiger partial charge in [0.1, 0.15) is 5.75 Å². The summed E-state index contributed by atoms with van der Waals surface area (Å²) in [6.45, 7) is 2.26. The van der Waals surface area contributed by atoms with Crippen molar-refractivity contribution in [1.82, 2.24) is 0 Å². The van der Waals surface area contributed by atoms with Gasteiger partial charge in [0.15, 0.2) is 0 Å². The molecule has 0 bridgehead atoms. The molecule has 1 saturated carbocycles. The van der Waals surface area contributed by atoms with Crippen LogP contribution >= 0.6 is 12.6 Å². The molecule has 2 rings (SSSR count). The molecule has 0 N–H and O–H groups in total. The van der Waals surface area contributed by atoms with Crippen molar-refractivity contribution in [1.29, 1.82) is 0 Å². The van der Waals surface area contributed by atoms with E-state index >= 15 is 0 Å². The van der Waals surface area contributed by atoms with E-state index in [1.165, 1.54) is 51.4 Å². The standard InChI is InChI=1S/C20H30O2S/c1-2-3-4-5-6-7-16-8-10-17(11-9-16)20(21)22-18-12-14-19(23)15-13-18/h12-17,23H,2-11H2,1H3. The summed E-state index contributed by atoms with van der Waals surface area (Å²) in [6.07, 6.45) is 12.5. The minimum atomic E-state index is -0.0571. The number of carbonyl (C=O) groups excluding carboxylic acids is 1. The molecule has 23 heavy (non-hydrogen) atoms. The van der Waals surface area contributed by atoms with Gasteiger partial charge in [-0.2, -0.15) is 0 Å². The number of esters is 1. The van der Waals surface area contributed by atoms with Crippen LogP contribution in [0.3, 0.4) is 0 Å². The number of benzene rings is 1. The molecular weight excluding hydrogens is 304 g/mol. The molecule has 0 unspecified atom stereocenters. The zero-order valence-electron chi connectivity index (χ0n) is 14.3. The Morgan fingerprint density at radius 3 is 2.35 bits per heavy atom. The van der Waals surface area contributed by atoms with E-state index in [1.54, 1.807) is 0 Å². The second-order valence-electron chi connectivity index (χ2n) is 6.84. The molecule has 1 aliphatic rings. The molecule has 1 fully saturated rings. The highest BCUT2D eigenvalue weighted by molar-refractivity contribution is 7.80. The minimum Gasteiger partial charge on any atom is -0.426 e. The number of rotatable bonds is 8. The molecule has 1 aliphatic carbocycles. The first-order valence-corrected chi connectivity index (χ1v) is 9.64. The Kier molecular flexibility index (Phi) is 8.01. The van der Waals surface area contributed by atoms with Gasteiger partial charge >= 0.3 is 5.97 Å². The Labute approximate surface area is 146 Å². The van der Waals surface area contributed by atoms with E-state index in [2.05, 4.69) is 19.6 Å². The average Bonchev–Trinajstić information content (AvgIpc) is 2.57. The normalized spacial score (nSPS) is 21.1. The molecule has 0 aromatic heterocycles. The predicted molar refractivity (Wildman–Crippen MR) is 98.2 cm³/mol. The highest BCUT2D eigenvalue weighted by Gasteiger charge is 2.27. The molecule has 0 atom stereocenters. The van der Waals surface area contributed by atoms with E-state index < -0.39 is 0 Å². The lowest BCUT2D eigenvalue weighted by molar-refractivity contribution is -0.140. The lowest BCUT2D eigenvalue weighted by Crippen LogP contribution is -2.25. The Morgan fingerprint density at radius 2 is 1.70 bits per heavy atom. The Balaban J connectivity index is 1.65. The maximum absolute atomic E-state index is 12.3. The van der Waals surface area contributed by atoms with Crippen molar-refractivity contribution < 1.29 is 9.53 Å². The zero-order chi connectivity index (χ0) is 16.5. The van der Waals surface area contributed by atoms with Crippen LogP contribution in [0.4, 0.5) is 0 Å². The summed E-state index contributed by atoms with van der Waals surface area (Å²) in [4.78, 5) is 13.1. The summed E-state index contributed by atoms with van der Waals surface area (Å²) in [5.41, 5.74) is 0. The van der Waals surface area contributed by atoms with Gasteiger partial charge in [-0.1, -0.05) is 45.4 Å². The van der Waals surface area contributed by atoms with Gasteiger partial charge in [-0.3, -0.25) is 4.79 Å². The number of hydrogen-bond acceptors (Lipinski definition) is 3. The van der Waals surface area contributed by atoms with Crippen LogP contribution in [-0.2, 0) is 4.79 Å². The fourth-order valence-corrected chi connectivity index (χ4v) is 3.59. The Hall–Kier alpha value is -0.960. The SMILES string of the molecule is CCCCCCCC1CCC(C(=O)Oc2ccc(S)cc2)CC1. The quantitative estimate of drug-likeness (QED) is 0.271. The van der Waals surface area contributed by atoms with Crippen LogP contribution in [0.5, 0.6) is 5.75 Å². The maximum atomic E-state index is 12.3. The first-order valence-electron chi connectivity index (χ1n) is 9.19. The lowest BCUT2D eigenvalue weighted by atomic mass is 9.80. The Bertz CT molecular complexity index is 461. The largest absolute Gasteiger partial charge is 0.426 e. The van der Waals surface area contributed by atoms with E-state index in [4.69, 9.17) is 4.74 Å². The van der Waals surface area contributed by atoms with Gasteiger partial charge in [-0.05, 0) is 55.9 Å². The summed E-state index contributed by atoms with van der Waals surface area (Å²) in [5, 5.41) is 0. The molecule has 1 aromatic carbocycles. The van der Waals surface area contributed by atoms with Crippen molar-refractivity contribution in [3.8, 4) is 5.75 Å². The van der Waals surface area contributed by atoms with Gasteiger partial charge in [0.2, 0.25) is 0 Å². The maximum Gasteiger partial charge on any atom is 0.314 e. The van der Waals surface area contributed by atoms with Crippen LogP contribution < -0.4 is 4.74 Å². The smallest absolute Gasteiger partial charge is 0.314 e. The van der Waals surface area contributed by atoms with E-state index in [0.717, 1.165) is 23.7 Å². The average molecular weight is 335 g/mol. The van der Waals surface area contributed by atoms with Crippen molar-refractivity contribution in [3.05, 3.63) is 24.3 Å². The van der Waals surface area contributed by atoms with Crippen molar-refractivity contribution in [2.24, 2.45) is 11.8 Å². The number of carbonyl (C=O) groups is 1. The fraction of sp³-hybridized carbons (Fsp3) is 0.650. The summed E-state index contributed by atoms with van der Waals surface area (Å²) >= 11 is 4.24. The van der Waals surface area contributed by atoms with Gasteiger partial charge in [-0.25, -0.2) is 0 Å². The molecule has 0 spiro atoms. The summed E-state index contributed by atoms with van der Waals surface area (Å²) in [6, 6.07) is 7.31. The van der Waals surface area contributed by atoms with Crippen molar-refractivity contribution >= 4 is 18.6 Å². The van der Waals surface area contributed by atoms with E-state index in [0.29, 0.717) is 5.75 Å². The van der Waals surface area contributed by atoms with Crippen LogP contribution in [0.2, 0.25) is 0 Å². The van der Waals surface area contributed by atoms with Crippen LogP contribution in [0.1, 0.15) is 71.1 Å². The zero-order valence-corrected chi connectivity index (χ0v) is 15.2. The van der Waals surface area contributed by atoms with Crippen molar-refractivity contribution in [2.75, 3.05) is 0 Å². The molecule has 1 aromatic rings. The summed E-state index contributed by atoms with van der Waals surface area (Å²) in [5.74, 6) is 1.48. The molecule has 128 valence electrons. The first-order chi connectivity index (χ1) is 11.2. The van der Waals surface area contributed by atoms with E-state index in [9.17, 15) is 4.79 Å². The third-order valence-electron chi connectivity index (χ3n) is 4.95. The Morgan fingerprint density at radius 1 is 1.04 bits per heavy atom. The molecule has 0 heterocycles. The van der Waals surface area contributed by atoms with Crippen LogP contribution in [0.25, 0.3) is 0 Å². The fourth-order valence-electron chi connectivity index (χ4n) is 3.44. The first kappa shape index (κ1) is 18.4.